The third kappa shape index (κ3) is 6.94. The first-order chi connectivity index (χ1) is 19.0. The number of hydrogen-bond acceptors (Lipinski definition) is 6. The Hall–Kier alpha value is -3.34. The molecule has 0 radical (unpaired) electrons. The minimum absolute atomic E-state index is 0.0146. The lowest BCUT2D eigenvalue weighted by molar-refractivity contribution is -0.145. The lowest BCUT2D eigenvalue weighted by atomic mass is 9.72. The molecular weight excluding hydrogens is 539 g/mol. The van der Waals surface area contributed by atoms with E-state index >= 15 is 0 Å². The first-order valence-corrected chi connectivity index (χ1v) is 13.6. The molecule has 0 aliphatic carbocycles. The van der Waals surface area contributed by atoms with Gasteiger partial charge in [0.1, 0.15) is 6.04 Å². The molecule has 0 unspecified atom stereocenters. The second-order valence-electron chi connectivity index (χ2n) is 12.0. The largest absolute Gasteiger partial charge is 0.481 e. The van der Waals surface area contributed by atoms with Gasteiger partial charge in [-0.05, 0) is 42.4 Å². The molecule has 3 rings (SSSR count). The number of aliphatic carboxylic acids is 1. The number of methoxy groups -OCH3 is 1. The minimum atomic E-state index is -4.61. The Balaban J connectivity index is 2.24. The number of likely N-dealkylation sites (tertiary alicyclic amines) is 1. The molecule has 2 heterocycles. The van der Waals surface area contributed by atoms with E-state index in [1.54, 1.807) is 13.8 Å². The van der Waals surface area contributed by atoms with Crippen LogP contribution in [0.15, 0.2) is 36.5 Å². The second kappa shape index (κ2) is 12.3. The molecule has 8 nitrogen and oxygen atoms in total. The van der Waals surface area contributed by atoms with E-state index < -0.39 is 59.4 Å². The molecule has 1 aromatic heterocycles. The standard InChI is InChI=1S/C30H40F3N3O5/c1-16(2)20-11-9-10-12-21(20)24-23(34-14-18-13-19(30(31,32)33)15-35-26(18)40-8)22(29(5,6)7)25(27(37)38)36(24)28(39)41-17(3)4/h9-13,15-17,22-25,34H,14H2,1-8H3,(H,37,38)/t22-,23-,24-,25-/m0/s1. The fourth-order valence-corrected chi connectivity index (χ4v) is 5.77. The van der Waals surface area contributed by atoms with E-state index in [9.17, 15) is 27.9 Å². The number of ether oxygens (including phenoxy) is 2. The number of pyridine rings is 1. The SMILES string of the molecule is COc1ncc(C(F)(F)F)cc1CN[C@H]1[C@H](C(C)(C)C)[C@@H](C(=O)O)N(C(=O)OC(C)C)[C@H]1c1ccccc1C(C)C. The fraction of sp³-hybridized carbons (Fsp3) is 0.567. The molecule has 4 atom stereocenters. The van der Waals surface area contributed by atoms with Gasteiger partial charge in [0, 0.05) is 30.3 Å². The summed E-state index contributed by atoms with van der Waals surface area (Å²) in [5, 5.41) is 13.9. The molecule has 0 spiro atoms. The van der Waals surface area contributed by atoms with Crippen LogP contribution >= 0.6 is 0 Å². The van der Waals surface area contributed by atoms with E-state index in [-0.39, 0.29) is 23.9 Å². The number of carboxylic acid groups (broad SMARTS) is 1. The Morgan fingerprint density at radius 1 is 1.12 bits per heavy atom. The quantitative estimate of drug-likeness (QED) is 0.373. The van der Waals surface area contributed by atoms with Gasteiger partial charge in [-0.25, -0.2) is 14.6 Å². The number of benzene rings is 1. The number of nitrogens with one attached hydrogen (secondary N) is 1. The molecule has 1 aliphatic rings. The Morgan fingerprint density at radius 3 is 2.27 bits per heavy atom. The molecule has 1 aromatic carbocycles. The van der Waals surface area contributed by atoms with E-state index in [1.807, 2.05) is 58.9 Å². The van der Waals surface area contributed by atoms with E-state index in [4.69, 9.17) is 9.47 Å². The van der Waals surface area contributed by atoms with E-state index in [0.29, 0.717) is 6.20 Å². The number of rotatable bonds is 8. The lowest BCUT2D eigenvalue weighted by Crippen LogP contribution is -2.48. The van der Waals surface area contributed by atoms with E-state index in [0.717, 1.165) is 17.2 Å². The van der Waals surface area contributed by atoms with Crippen LogP contribution in [0.4, 0.5) is 18.0 Å². The first kappa shape index (κ1) is 32.2. The molecule has 0 bridgehead atoms. The molecule has 2 N–H and O–H groups in total. The Labute approximate surface area is 239 Å². The van der Waals surface area contributed by atoms with Crippen molar-refractivity contribution in [3.8, 4) is 5.88 Å². The Kier molecular flexibility index (Phi) is 9.62. The van der Waals surface area contributed by atoms with Crippen molar-refractivity contribution >= 4 is 12.1 Å². The van der Waals surface area contributed by atoms with Crippen molar-refractivity contribution in [2.45, 2.75) is 91.3 Å². The van der Waals surface area contributed by atoms with Crippen LogP contribution in [-0.4, -0.2) is 52.4 Å². The van der Waals surface area contributed by atoms with Crippen molar-refractivity contribution in [1.82, 2.24) is 15.2 Å². The molecule has 1 fully saturated rings. The van der Waals surface area contributed by atoms with Crippen molar-refractivity contribution in [2.75, 3.05) is 7.11 Å². The Morgan fingerprint density at radius 2 is 1.76 bits per heavy atom. The highest BCUT2D eigenvalue weighted by atomic mass is 19.4. The summed E-state index contributed by atoms with van der Waals surface area (Å²) in [4.78, 5) is 31.7. The van der Waals surface area contributed by atoms with Gasteiger partial charge >= 0.3 is 18.2 Å². The lowest BCUT2D eigenvalue weighted by Gasteiger charge is -2.35. The highest BCUT2D eigenvalue weighted by Crippen LogP contribution is 2.49. The highest BCUT2D eigenvalue weighted by molar-refractivity contribution is 5.82. The number of aromatic nitrogens is 1. The van der Waals surface area contributed by atoms with Crippen LogP contribution in [0.1, 0.15) is 82.7 Å². The predicted octanol–water partition coefficient (Wildman–Crippen LogP) is 6.41. The van der Waals surface area contributed by atoms with Crippen molar-refractivity contribution in [1.29, 1.82) is 0 Å². The van der Waals surface area contributed by atoms with Gasteiger partial charge in [-0.1, -0.05) is 58.9 Å². The monoisotopic (exact) mass is 579 g/mol. The summed E-state index contributed by atoms with van der Waals surface area (Å²) in [5.74, 6) is -1.80. The number of halogens is 3. The third-order valence-corrected chi connectivity index (χ3v) is 7.38. The van der Waals surface area contributed by atoms with Gasteiger partial charge in [0.25, 0.3) is 0 Å². The summed E-state index contributed by atoms with van der Waals surface area (Å²) in [6.45, 7) is 12.9. The third-order valence-electron chi connectivity index (χ3n) is 7.38. The van der Waals surface area contributed by atoms with Gasteiger partial charge in [-0.3, -0.25) is 4.90 Å². The molecule has 2 aromatic rings. The van der Waals surface area contributed by atoms with Gasteiger partial charge in [0.15, 0.2) is 0 Å². The van der Waals surface area contributed by atoms with Crippen LogP contribution in [0, 0.1) is 11.3 Å². The highest BCUT2D eigenvalue weighted by Gasteiger charge is 2.59. The number of nitrogens with zero attached hydrogens (tertiary/aromatic N) is 2. The fourth-order valence-electron chi connectivity index (χ4n) is 5.77. The smallest absolute Gasteiger partial charge is 0.417 e. The zero-order valence-electron chi connectivity index (χ0n) is 24.7. The van der Waals surface area contributed by atoms with Crippen LogP contribution in [0.5, 0.6) is 5.88 Å². The van der Waals surface area contributed by atoms with Gasteiger partial charge in [-0.15, -0.1) is 0 Å². The van der Waals surface area contributed by atoms with Gasteiger partial charge in [0.2, 0.25) is 5.88 Å². The van der Waals surface area contributed by atoms with Gasteiger partial charge in [-0.2, -0.15) is 13.2 Å². The van der Waals surface area contributed by atoms with Crippen molar-refractivity contribution in [3.05, 3.63) is 58.8 Å². The summed E-state index contributed by atoms with van der Waals surface area (Å²) < 4.78 is 51.4. The topological polar surface area (TPSA) is 101 Å². The summed E-state index contributed by atoms with van der Waals surface area (Å²) in [5.41, 5.74) is 0.244. The summed E-state index contributed by atoms with van der Waals surface area (Å²) in [6, 6.07) is 5.71. The predicted molar refractivity (Wildman–Crippen MR) is 148 cm³/mol. The molecular formula is C30H40F3N3O5. The zero-order valence-corrected chi connectivity index (χ0v) is 24.7. The average molecular weight is 580 g/mol. The van der Waals surface area contributed by atoms with Crippen molar-refractivity contribution < 1.29 is 37.3 Å². The van der Waals surface area contributed by atoms with Gasteiger partial charge < -0.3 is 19.9 Å². The maximum absolute atomic E-state index is 13.6. The number of alkyl halides is 3. The second-order valence-corrected chi connectivity index (χ2v) is 12.0. The number of hydrogen-bond donors (Lipinski definition) is 2. The minimum Gasteiger partial charge on any atom is -0.481 e. The van der Waals surface area contributed by atoms with Crippen LogP contribution in [-0.2, 0) is 22.3 Å². The molecule has 1 saturated heterocycles. The number of carbonyl (C=O) groups excluding carboxylic acids is 1. The van der Waals surface area contributed by atoms with Crippen LogP contribution in [0.3, 0.4) is 0 Å². The number of carboxylic acids is 1. The maximum Gasteiger partial charge on any atom is 0.417 e. The molecule has 41 heavy (non-hydrogen) atoms. The summed E-state index contributed by atoms with van der Waals surface area (Å²) in [7, 11) is 1.32. The zero-order chi connectivity index (χ0) is 30.9. The van der Waals surface area contributed by atoms with Crippen LogP contribution in [0.25, 0.3) is 0 Å². The average Bonchev–Trinajstić information content (AvgIpc) is 3.22. The van der Waals surface area contributed by atoms with Crippen LogP contribution < -0.4 is 10.1 Å². The molecule has 1 aliphatic heterocycles. The molecule has 226 valence electrons. The van der Waals surface area contributed by atoms with Crippen molar-refractivity contribution in [3.63, 3.8) is 0 Å². The number of amides is 1. The van der Waals surface area contributed by atoms with E-state index in [1.165, 1.54) is 12.0 Å². The molecule has 1 amide bonds. The molecule has 11 heteroatoms. The van der Waals surface area contributed by atoms with Gasteiger partial charge in [0.05, 0.1) is 24.8 Å². The summed E-state index contributed by atoms with van der Waals surface area (Å²) >= 11 is 0. The molecule has 0 saturated carbocycles. The van der Waals surface area contributed by atoms with Crippen LogP contribution in [0.2, 0.25) is 0 Å². The van der Waals surface area contributed by atoms with E-state index in [2.05, 4.69) is 10.3 Å². The van der Waals surface area contributed by atoms with Crippen molar-refractivity contribution in [2.24, 2.45) is 11.3 Å². The summed E-state index contributed by atoms with van der Waals surface area (Å²) in [6.07, 6.45) is -5.17. The first-order valence-electron chi connectivity index (χ1n) is 13.6. The normalized spacial score (nSPS) is 21.4. The number of carbonyl (C=O) groups is 2. The maximum atomic E-state index is 13.6. The Bertz CT molecular complexity index is 1240.